The Morgan fingerprint density at radius 1 is 1.40 bits per heavy atom. The van der Waals surface area contributed by atoms with Gasteiger partial charge in [-0.1, -0.05) is 0 Å². The molecule has 0 saturated heterocycles. The van der Waals surface area contributed by atoms with Gasteiger partial charge in [0.1, 0.15) is 18.2 Å². The summed E-state index contributed by atoms with van der Waals surface area (Å²) in [6.07, 6.45) is 1.25. The molecule has 0 radical (unpaired) electrons. The third kappa shape index (κ3) is 6.54. The number of amides is 1. The Morgan fingerprint density at radius 3 is 2.50 bits per heavy atom. The number of carbonyl (C=O) groups excluding carboxylic acids is 1. The van der Waals surface area contributed by atoms with Crippen LogP contribution in [0.3, 0.4) is 0 Å². The van der Waals surface area contributed by atoms with E-state index in [2.05, 4.69) is 5.32 Å². The second kappa shape index (κ2) is 9.34. The molecule has 0 fully saturated rings. The van der Waals surface area contributed by atoms with Crippen LogP contribution in [0, 0.1) is 0 Å². The zero-order valence-electron chi connectivity index (χ0n) is 11.6. The fraction of sp³-hybridized carbons (Fsp3) is 0.357. The van der Waals surface area contributed by atoms with E-state index in [4.69, 9.17) is 10.5 Å². The van der Waals surface area contributed by atoms with E-state index in [1.54, 1.807) is 24.3 Å². The summed E-state index contributed by atoms with van der Waals surface area (Å²) >= 11 is 0. The first kappa shape index (κ1) is 18.4. The molecule has 1 aromatic rings. The molecule has 3 N–H and O–H groups in total. The van der Waals surface area contributed by atoms with E-state index in [9.17, 15) is 9.18 Å². The van der Waals surface area contributed by atoms with Crippen molar-refractivity contribution in [3.05, 3.63) is 41.7 Å². The van der Waals surface area contributed by atoms with E-state index in [1.165, 1.54) is 6.08 Å². The molecular formula is C14H20ClFN2O2. The second-order valence-electron chi connectivity index (χ2n) is 4.33. The average molecular weight is 303 g/mol. The molecule has 20 heavy (non-hydrogen) atoms. The van der Waals surface area contributed by atoms with E-state index in [0.717, 1.165) is 0 Å². The van der Waals surface area contributed by atoms with Crippen molar-refractivity contribution in [3.63, 3.8) is 0 Å². The van der Waals surface area contributed by atoms with Gasteiger partial charge in [0.2, 0.25) is 0 Å². The van der Waals surface area contributed by atoms with Gasteiger partial charge in [-0.15, -0.1) is 12.4 Å². The number of nitrogens with one attached hydrogen (secondary N) is 1. The molecule has 1 aromatic carbocycles. The number of benzene rings is 1. The Balaban J connectivity index is 0.00000361. The van der Waals surface area contributed by atoms with E-state index >= 15 is 0 Å². The van der Waals surface area contributed by atoms with Crippen LogP contribution in [0.1, 0.15) is 24.2 Å². The van der Waals surface area contributed by atoms with Crippen molar-refractivity contribution in [2.45, 2.75) is 19.9 Å². The molecule has 112 valence electrons. The third-order valence-electron chi connectivity index (χ3n) is 2.25. The predicted molar refractivity (Wildman–Crippen MR) is 80.0 cm³/mol. The minimum Gasteiger partial charge on any atom is -0.487 e. The van der Waals surface area contributed by atoms with Crippen LogP contribution in [-0.4, -0.2) is 25.1 Å². The number of hydrogen-bond donors (Lipinski definition) is 2. The molecule has 0 aliphatic heterocycles. The lowest BCUT2D eigenvalue weighted by molar-refractivity contribution is 0.0943. The van der Waals surface area contributed by atoms with Gasteiger partial charge in [0, 0.05) is 18.2 Å². The second-order valence-corrected chi connectivity index (χ2v) is 4.33. The molecule has 0 saturated carbocycles. The summed E-state index contributed by atoms with van der Waals surface area (Å²) in [5.74, 6) is -0.0541. The Labute approximate surface area is 124 Å². The van der Waals surface area contributed by atoms with Crippen LogP contribution in [0.5, 0.6) is 5.75 Å². The standard InChI is InChI=1S/C14H19FN2O2.ClH/c1-10(2)17-14(18)11-3-5-13(6-4-11)19-9-12(15)7-8-16;/h3-7,10H,8-9,16H2,1-2H3,(H,17,18);1H/b12-7-;. The van der Waals surface area contributed by atoms with E-state index in [-0.39, 0.29) is 37.5 Å². The number of carbonyl (C=O) groups is 1. The SMILES string of the molecule is CC(C)NC(=O)c1ccc(OC/C(F)=C/CN)cc1.Cl. The summed E-state index contributed by atoms with van der Waals surface area (Å²) in [6, 6.07) is 6.62. The summed E-state index contributed by atoms with van der Waals surface area (Å²) in [5, 5.41) is 2.78. The minimum atomic E-state index is -0.413. The Morgan fingerprint density at radius 2 is 2.00 bits per heavy atom. The molecule has 0 aliphatic carbocycles. The van der Waals surface area contributed by atoms with E-state index in [1.807, 2.05) is 13.8 Å². The highest BCUT2D eigenvalue weighted by Gasteiger charge is 2.06. The van der Waals surface area contributed by atoms with Gasteiger partial charge in [-0.3, -0.25) is 4.79 Å². The van der Waals surface area contributed by atoms with Crippen LogP contribution in [-0.2, 0) is 0 Å². The lowest BCUT2D eigenvalue weighted by Crippen LogP contribution is -2.29. The first-order valence-electron chi connectivity index (χ1n) is 6.11. The monoisotopic (exact) mass is 302 g/mol. The van der Waals surface area contributed by atoms with Crippen molar-refractivity contribution in [1.82, 2.24) is 5.32 Å². The summed E-state index contributed by atoms with van der Waals surface area (Å²) in [4.78, 5) is 11.7. The molecule has 0 aliphatic rings. The molecule has 0 unspecified atom stereocenters. The fourth-order valence-corrected chi connectivity index (χ4v) is 1.39. The third-order valence-corrected chi connectivity index (χ3v) is 2.25. The smallest absolute Gasteiger partial charge is 0.251 e. The van der Waals surface area contributed by atoms with Gasteiger partial charge in [0.15, 0.2) is 0 Å². The average Bonchev–Trinajstić information content (AvgIpc) is 2.36. The van der Waals surface area contributed by atoms with E-state index < -0.39 is 5.83 Å². The quantitative estimate of drug-likeness (QED) is 0.848. The van der Waals surface area contributed by atoms with Crippen molar-refractivity contribution < 1.29 is 13.9 Å². The molecule has 0 aromatic heterocycles. The molecule has 0 atom stereocenters. The predicted octanol–water partition coefficient (Wildman–Crippen LogP) is 2.44. The molecule has 4 nitrogen and oxygen atoms in total. The van der Waals surface area contributed by atoms with Crippen LogP contribution < -0.4 is 15.8 Å². The number of halogens is 2. The Bertz CT molecular complexity index is 447. The van der Waals surface area contributed by atoms with Crippen molar-refractivity contribution >= 4 is 18.3 Å². The first-order chi connectivity index (χ1) is 9.02. The van der Waals surface area contributed by atoms with Crippen molar-refractivity contribution in [1.29, 1.82) is 0 Å². The van der Waals surface area contributed by atoms with Gasteiger partial charge >= 0.3 is 0 Å². The van der Waals surface area contributed by atoms with E-state index in [0.29, 0.717) is 11.3 Å². The zero-order chi connectivity index (χ0) is 14.3. The van der Waals surface area contributed by atoms with Crippen LogP contribution in [0.2, 0.25) is 0 Å². The number of rotatable bonds is 6. The summed E-state index contributed by atoms with van der Waals surface area (Å²) in [6.45, 7) is 3.77. The molecular weight excluding hydrogens is 283 g/mol. The van der Waals surface area contributed by atoms with Gasteiger partial charge in [0.05, 0.1) is 0 Å². The molecule has 0 heterocycles. The van der Waals surface area contributed by atoms with Crippen LogP contribution >= 0.6 is 12.4 Å². The highest BCUT2D eigenvalue weighted by molar-refractivity contribution is 5.94. The number of hydrogen-bond acceptors (Lipinski definition) is 3. The topological polar surface area (TPSA) is 64.3 Å². The zero-order valence-corrected chi connectivity index (χ0v) is 12.4. The summed E-state index contributed by atoms with van der Waals surface area (Å²) in [7, 11) is 0. The Kier molecular flexibility index (Phi) is 8.59. The van der Waals surface area contributed by atoms with Gasteiger partial charge in [0.25, 0.3) is 5.91 Å². The van der Waals surface area contributed by atoms with Crippen LogP contribution in [0.25, 0.3) is 0 Å². The highest BCUT2D eigenvalue weighted by atomic mass is 35.5. The molecule has 0 spiro atoms. The fourth-order valence-electron chi connectivity index (χ4n) is 1.39. The van der Waals surface area contributed by atoms with Gasteiger partial charge in [-0.2, -0.15) is 0 Å². The van der Waals surface area contributed by atoms with Gasteiger partial charge in [-0.05, 0) is 44.2 Å². The number of nitrogens with two attached hydrogens (primary N) is 1. The van der Waals surface area contributed by atoms with Crippen LogP contribution in [0.15, 0.2) is 36.2 Å². The van der Waals surface area contributed by atoms with Crippen molar-refractivity contribution in [2.75, 3.05) is 13.2 Å². The summed E-state index contributed by atoms with van der Waals surface area (Å²) in [5.41, 5.74) is 5.72. The number of ether oxygens (including phenoxy) is 1. The van der Waals surface area contributed by atoms with Gasteiger partial charge in [-0.25, -0.2) is 4.39 Å². The summed E-state index contributed by atoms with van der Waals surface area (Å²) < 4.78 is 18.2. The molecule has 0 bridgehead atoms. The maximum Gasteiger partial charge on any atom is 0.251 e. The van der Waals surface area contributed by atoms with Crippen molar-refractivity contribution in [2.24, 2.45) is 5.73 Å². The maximum atomic E-state index is 13.0. The minimum absolute atomic E-state index is 0. The normalized spacial score (nSPS) is 10.9. The molecule has 6 heteroatoms. The van der Waals surface area contributed by atoms with Gasteiger partial charge < -0.3 is 15.8 Å². The first-order valence-corrected chi connectivity index (χ1v) is 6.11. The maximum absolute atomic E-state index is 13.0. The molecule has 1 amide bonds. The highest BCUT2D eigenvalue weighted by Crippen LogP contribution is 2.13. The molecule has 1 rings (SSSR count). The van der Waals surface area contributed by atoms with Crippen LogP contribution in [0.4, 0.5) is 4.39 Å². The lowest BCUT2D eigenvalue weighted by Gasteiger charge is -2.09. The van der Waals surface area contributed by atoms with Crippen molar-refractivity contribution in [3.8, 4) is 5.75 Å². The Hall–Kier alpha value is -1.59. The lowest BCUT2D eigenvalue weighted by atomic mass is 10.2. The largest absolute Gasteiger partial charge is 0.487 e.